The number of methoxy groups -OCH3 is 1. The summed E-state index contributed by atoms with van der Waals surface area (Å²) < 4.78 is 7.12. The summed E-state index contributed by atoms with van der Waals surface area (Å²) >= 11 is 6.82. The van der Waals surface area contributed by atoms with Crippen LogP contribution in [0.5, 0.6) is 5.75 Å². The Bertz CT molecular complexity index is 529. The molecule has 0 aliphatic heterocycles. The lowest BCUT2D eigenvalue weighted by Gasteiger charge is -2.08. The largest absolute Gasteiger partial charge is 0.496 e. The average Bonchev–Trinajstić information content (AvgIpc) is 2.38. The number of hydrogen-bond acceptors (Lipinski definition) is 3. The van der Waals surface area contributed by atoms with Crippen LogP contribution < -0.4 is 10.1 Å². The quantitative estimate of drug-likeness (QED) is 0.873. The second-order valence-corrected chi connectivity index (χ2v) is 5.45. The molecule has 0 radical (unpaired) electrons. The van der Waals surface area contributed by atoms with Crippen LogP contribution in [0.4, 0.5) is 5.82 Å². The lowest BCUT2D eigenvalue weighted by Crippen LogP contribution is -2.01. The fourth-order valence-corrected chi connectivity index (χ4v) is 2.32. The summed E-state index contributed by atoms with van der Waals surface area (Å²) in [5.41, 5.74) is 1.16. The van der Waals surface area contributed by atoms with Crippen LogP contribution in [0, 0.1) is 0 Å². The maximum Gasteiger partial charge on any atom is 0.133 e. The monoisotopic (exact) mass is 370 g/mol. The van der Waals surface area contributed by atoms with E-state index in [2.05, 4.69) is 42.2 Å². The van der Waals surface area contributed by atoms with Crippen LogP contribution in [0.1, 0.15) is 5.56 Å². The van der Waals surface area contributed by atoms with Crippen molar-refractivity contribution in [1.29, 1.82) is 0 Å². The molecule has 0 bridgehead atoms. The summed E-state index contributed by atoms with van der Waals surface area (Å²) in [5, 5.41) is 3.26. The zero-order valence-electron chi connectivity index (χ0n) is 9.78. The first-order chi connectivity index (χ1) is 8.69. The first-order valence-corrected chi connectivity index (χ1v) is 6.95. The lowest BCUT2D eigenvalue weighted by atomic mass is 10.2. The van der Waals surface area contributed by atoms with Gasteiger partial charge in [-0.15, -0.1) is 0 Å². The molecule has 0 spiro atoms. The highest BCUT2D eigenvalue weighted by Gasteiger charge is 2.01. The molecule has 0 aliphatic carbocycles. The van der Waals surface area contributed by atoms with E-state index in [1.165, 1.54) is 0 Å². The lowest BCUT2D eigenvalue weighted by molar-refractivity contribution is 0.412. The van der Waals surface area contributed by atoms with E-state index in [1.54, 1.807) is 13.3 Å². The fraction of sp³-hybridized carbons (Fsp3) is 0.154. The Balaban J connectivity index is 2.02. The third-order valence-corrected chi connectivity index (χ3v) is 3.51. The molecular weight excluding hydrogens is 360 g/mol. The number of halogens is 2. The zero-order valence-corrected chi connectivity index (χ0v) is 13.0. The smallest absolute Gasteiger partial charge is 0.133 e. The van der Waals surface area contributed by atoms with Gasteiger partial charge >= 0.3 is 0 Å². The standard InChI is InChI=1S/C13H12Br2N2O/c1-18-12-4-2-9(6-11(12)15)7-16-13-5-3-10(14)8-17-13/h2-6,8H,7H2,1H3,(H,16,17). The molecule has 0 unspecified atom stereocenters. The molecule has 0 aliphatic rings. The van der Waals surface area contributed by atoms with E-state index in [-0.39, 0.29) is 0 Å². The number of benzene rings is 1. The highest BCUT2D eigenvalue weighted by atomic mass is 79.9. The molecule has 0 saturated carbocycles. The van der Waals surface area contributed by atoms with Crippen molar-refractivity contribution >= 4 is 37.7 Å². The predicted molar refractivity (Wildman–Crippen MR) is 80.0 cm³/mol. The molecule has 1 heterocycles. The number of ether oxygens (including phenoxy) is 1. The van der Waals surface area contributed by atoms with Crippen molar-refractivity contribution in [3.05, 3.63) is 51.0 Å². The van der Waals surface area contributed by atoms with E-state index in [4.69, 9.17) is 4.74 Å². The predicted octanol–water partition coefficient (Wildman–Crippen LogP) is 4.23. The van der Waals surface area contributed by atoms with Gasteiger partial charge in [0.2, 0.25) is 0 Å². The molecule has 1 aromatic heterocycles. The summed E-state index contributed by atoms with van der Waals surface area (Å²) in [6.45, 7) is 0.719. The Kier molecular flexibility index (Phi) is 4.60. The molecule has 0 saturated heterocycles. The Morgan fingerprint density at radius 3 is 2.67 bits per heavy atom. The van der Waals surface area contributed by atoms with Crippen LogP contribution in [0.2, 0.25) is 0 Å². The molecule has 18 heavy (non-hydrogen) atoms. The van der Waals surface area contributed by atoms with Crippen LogP contribution in [0.15, 0.2) is 45.5 Å². The SMILES string of the molecule is COc1ccc(CNc2ccc(Br)cn2)cc1Br. The fourth-order valence-electron chi connectivity index (χ4n) is 1.49. The molecule has 0 fully saturated rings. The minimum absolute atomic E-state index is 0.719. The minimum atomic E-state index is 0.719. The first kappa shape index (κ1) is 13.4. The third-order valence-electron chi connectivity index (χ3n) is 2.42. The maximum atomic E-state index is 5.19. The molecule has 94 valence electrons. The van der Waals surface area contributed by atoms with Crippen molar-refractivity contribution in [1.82, 2.24) is 4.98 Å². The summed E-state index contributed by atoms with van der Waals surface area (Å²) in [4.78, 5) is 4.26. The normalized spacial score (nSPS) is 10.2. The number of hydrogen-bond donors (Lipinski definition) is 1. The molecular formula is C13H12Br2N2O. The van der Waals surface area contributed by atoms with Crippen molar-refractivity contribution in [3.63, 3.8) is 0 Å². The highest BCUT2D eigenvalue weighted by molar-refractivity contribution is 9.10. The number of pyridine rings is 1. The van der Waals surface area contributed by atoms with Crippen molar-refractivity contribution in [2.75, 3.05) is 12.4 Å². The third kappa shape index (κ3) is 3.46. The molecule has 3 nitrogen and oxygen atoms in total. The van der Waals surface area contributed by atoms with Crippen molar-refractivity contribution in [3.8, 4) is 5.75 Å². The van der Waals surface area contributed by atoms with Gasteiger partial charge < -0.3 is 10.1 Å². The first-order valence-electron chi connectivity index (χ1n) is 5.37. The van der Waals surface area contributed by atoms with Gasteiger partial charge in [-0.05, 0) is 61.7 Å². The van der Waals surface area contributed by atoms with Crippen LogP contribution in [-0.2, 0) is 6.54 Å². The average molecular weight is 372 g/mol. The number of nitrogens with one attached hydrogen (secondary N) is 1. The second-order valence-electron chi connectivity index (χ2n) is 3.68. The van der Waals surface area contributed by atoms with E-state index in [0.717, 1.165) is 32.6 Å². The van der Waals surface area contributed by atoms with Crippen LogP contribution in [0.3, 0.4) is 0 Å². The van der Waals surface area contributed by atoms with E-state index >= 15 is 0 Å². The van der Waals surface area contributed by atoms with Gasteiger partial charge in [0.1, 0.15) is 11.6 Å². The van der Waals surface area contributed by atoms with Gasteiger partial charge in [0.05, 0.1) is 11.6 Å². The molecule has 2 rings (SSSR count). The van der Waals surface area contributed by atoms with E-state index in [1.807, 2.05) is 30.3 Å². The van der Waals surface area contributed by atoms with Gasteiger partial charge in [-0.25, -0.2) is 4.98 Å². The maximum absolute atomic E-state index is 5.19. The Morgan fingerprint density at radius 1 is 1.22 bits per heavy atom. The number of rotatable bonds is 4. The van der Waals surface area contributed by atoms with Gasteiger partial charge in [0.25, 0.3) is 0 Å². The summed E-state index contributed by atoms with van der Waals surface area (Å²) in [7, 11) is 1.66. The van der Waals surface area contributed by atoms with E-state index in [9.17, 15) is 0 Å². The summed E-state index contributed by atoms with van der Waals surface area (Å²) in [5.74, 6) is 1.69. The number of aromatic nitrogens is 1. The van der Waals surface area contributed by atoms with E-state index in [0.29, 0.717) is 0 Å². The van der Waals surface area contributed by atoms with Crippen LogP contribution in [-0.4, -0.2) is 12.1 Å². The summed E-state index contributed by atoms with van der Waals surface area (Å²) in [6, 6.07) is 9.89. The Labute approximate surface area is 123 Å². The second kappa shape index (κ2) is 6.20. The molecule has 0 amide bonds. The molecule has 1 N–H and O–H groups in total. The van der Waals surface area contributed by atoms with Gasteiger partial charge in [0, 0.05) is 17.2 Å². The summed E-state index contributed by atoms with van der Waals surface area (Å²) in [6.07, 6.45) is 1.77. The topological polar surface area (TPSA) is 34.1 Å². The van der Waals surface area contributed by atoms with Crippen molar-refractivity contribution in [2.24, 2.45) is 0 Å². The minimum Gasteiger partial charge on any atom is -0.496 e. The zero-order chi connectivity index (χ0) is 13.0. The molecule has 2 aromatic rings. The van der Waals surface area contributed by atoms with Crippen molar-refractivity contribution in [2.45, 2.75) is 6.54 Å². The van der Waals surface area contributed by atoms with Crippen molar-refractivity contribution < 1.29 is 4.74 Å². The van der Waals surface area contributed by atoms with E-state index < -0.39 is 0 Å². The van der Waals surface area contributed by atoms with Gasteiger partial charge in [0.15, 0.2) is 0 Å². The number of nitrogens with zero attached hydrogens (tertiary/aromatic N) is 1. The van der Waals surface area contributed by atoms with Gasteiger partial charge in [-0.1, -0.05) is 6.07 Å². The Morgan fingerprint density at radius 2 is 2.06 bits per heavy atom. The number of anilines is 1. The molecule has 5 heteroatoms. The van der Waals surface area contributed by atoms with Gasteiger partial charge in [-0.3, -0.25) is 0 Å². The molecule has 0 atom stereocenters. The Hall–Kier alpha value is -1.07. The van der Waals surface area contributed by atoms with Crippen LogP contribution in [0.25, 0.3) is 0 Å². The van der Waals surface area contributed by atoms with Gasteiger partial charge in [-0.2, -0.15) is 0 Å². The highest BCUT2D eigenvalue weighted by Crippen LogP contribution is 2.25. The molecule has 1 aromatic carbocycles. The van der Waals surface area contributed by atoms with Crippen LogP contribution >= 0.6 is 31.9 Å².